The predicted octanol–water partition coefficient (Wildman–Crippen LogP) is 4.17. The third-order valence-corrected chi connectivity index (χ3v) is 5.36. The largest absolute Gasteiger partial charge is 0.245 e. The van der Waals surface area contributed by atoms with Crippen molar-refractivity contribution >= 4 is 39.0 Å². The highest BCUT2D eigenvalue weighted by atomic mass is 79.9. The van der Waals surface area contributed by atoms with Crippen LogP contribution >= 0.6 is 39.0 Å². The van der Waals surface area contributed by atoms with E-state index in [1.54, 1.807) is 0 Å². The number of hydrogen-bond acceptors (Lipinski definition) is 3. The SMILES string of the molecule is CCSCc1nc(C2CC2)c(CBr)s1. The average molecular weight is 292 g/mol. The number of aromatic nitrogens is 1. The summed E-state index contributed by atoms with van der Waals surface area (Å²) in [6.45, 7) is 2.20. The topological polar surface area (TPSA) is 12.9 Å². The van der Waals surface area contributed by atoms with Gasteiger partial charge in [-0.1, -0.05) is 22.9 Å². The Labute approximate surface area is 102 Å². The maximum atomic E-state index is 4.75. The van der Waals surface area contributed by atoms with Gasteiger partial charge in [0, 0.05) is 21.9 Å². The Morgan fingerprint density at radius 3 is 2.93 bits per heavy atom. The third kappa shape index (κ3) is 2.52. The molecule has 1 nitrogen and oxygen atoms in total. The summed E-state index contributed by atoms with van der Waals surface area (Å²) in [7, 11) is 0. The Kier molecular flexibility index (Phi) is 3.91. The molecule has 1 aliphatic rings. The molecule has 0 aliphatic heterocycles. The number of rotatable bonds is 5. The standard InChI is InChI=1S/C10H14BrNS2/c1-2-13-6-9-12-10(7-3-4-7)8(5-11)14-9/h7H,2-6H2,1H3. The summed E-state index contributed by atoms with van der Waals surface area (Å²) in [5.41, 5.74) is 1.39. The monoisotopic (exact) mass is 291 g/mol. The van der Waals surface area contributed by atoms with Crippen molar-refractivity contribution in [2.24, 2.45) is 0 Å². The molecule has 2 rings (SSSR count). The summed E-state index contributed by atoms with van der Waals surface area (Å²) >= 11 is 7.40. The fraction of sp³-hybridized carbons (Fsp3) is 0.700. The van der Waals surface area contributed by atoms with Crippen molar-refractivity contribution in [3.05, 3.63) is 15.6 Å². The second kappa shape index (κ2) is 4.99. The quantitative estimate of drug-likeness (QED) is 0.755. The van der Waals surface area contributed by atoms with Crippen molar-refractivity contribution in [2.45, 2.75) is 36.8 Å². The van der Waals surface area contributed by atoms with Gasteiger partial charge in [-0.3, -0.25) is 0 Å². The van der Waals surface area contributed by atoms with Crippen molar-refractivity contribution < 1.29 is 0 Å². The molecule has 1 aromatic heterocycles. The minimum absolute atomic E-state index is 0.791. The molecule has 1 fully saturated rings. The second-order valence-electron chi connectivity index (χ2n) is 3.46. The number of thiazole rings is 1. The van der Waals surface area contributed by atoms with Crippen LogP contribution in [-0.2, 0) is 11.1 Å². The molecule has 1 heterocycles. The predicted molar refractivity (Wildman–Crippen MR) is 68.6 cm³/mol. The maximum Gasteiger partial charge on any atom is 0.103 e. The van der Waals surface area contributed by atoms with E-state index in [2.05, 4.69) is 22.9 Å². The van der Waals surface area contributed by atoms with Crippen molar-refractivity contribution in [1.82, 2.24) is 4.98 Å². The highest BCUT2D eigenvalue weighted by Gasteiger charge is 2.29. The lowest BCUT2D eigenvalue weighted by Crippen LogP contribution is -1.85. The number of hydrogen-bond donors (Lipinski definition) is 0. The van der Waals surface area contributed by atoms with Crippen LogP contribution in [0.2, 0.25) is 0 Å². The van der Waals surface area contributed by atoms with E-state index in [9.17, 15) is 0 Å². The lowest BCUT2D eigenvalue weighted by atomic mass is 10.3. The van der Waals surface area contributed by atoms with Gasteiger partial charge >= 0.3 is 0 Å². The van der Waals surface area contributed by atoms with Gasteiger partial charge in [0.05, 0.1) is 5.69 Å². The van der Waals surface area contributed by atoms with Crippen LogP contribution in [0, 0.1) is 0 Å². The van der Waals surface area contributed by atoms with E-state index in [0.29, 0.717) is 0 Å². The number of alkyl halides is 1. The van der Waals surface area contributed by atoms with Gasteiger partial charge in [-0.15, -0.1) is 11.3 Å². The summed E-state index contributed by atoms with van der Waals surface area (Å²) in [6, 6.07) is 0. The van der Waals surface area contributed by atoms with Crippen molar-refractivity contribution in [3.8, 4) is 0 Å². The van der Waals surface area contributed by atoms with Crippen LogP contribution < -0.4 is 0 Å². The third-order valence-electron chi connectivity index (χ3n) is 2.29. The van der Waals surface area contributed by atoms with Crippen molar-refractivity contribution in [1.29, 1.82) is 0 Å². The van der Waals surface area contributed by atoms with Gasteiger partial charge in [0.2, 0.25) is 0 Å². The fourth-order valence-corrected chi connectivity index (χ4v) is 3.80. The van der Waals surface area contributed by atoms with Gasteiger partial charge in [0.25, 0.3) is 0 Å². The van der Waals surface area contributed by atoms with Gasteiger partial charge in [-0.05, 0) is 18.6 Å². The van der Waals surface area contributed by atoms with Gasteiger partial charge in [0.1, 0.15) is 5.01 Å². The first kappa shape index (κ1) is 11.0. The summed E-state index contributed by atoms with van der Waals surface area (Å²) in [4.78, 5) is 6.21. The Bertz CT molecular complexity index is 307. The van der Waals surface area contributed by atoms with Gasteiger partial charge in [-0.25, -0.2) is 4.98 Å². The first-order valence-corrected chi connectivity index (χ1v) is 8.06. The lowest BCUT2D eigenvalue weighted by molar-refractivity contribution is 1.01. The zero-order valence-corrected chi connectivity index (χ0v) is 11.5. The van der Waals surface area contributed by atoms with Crippen molar-refractivity contribution in [2.75, 3.05) is 5.75 Å². The van der Waals surface area contributed by atoms with Crippen LogP contribution in [0.3, 0.4) is 0 Å². The van der Waals surface area contributed by atoms with Crippen molar-refractivity contribution in [3.63, 3.8) is 0 Å². The summed E-state index contributed by atoms with van der Waals surface area (Å²) in [5, 5.41) is 2.29. The molecule has 1 saturated carbocycles. The Morgan fingerprint density at radius 1 is 1.57 bits per heavy atom. The van der Waals surface area contributed by atoms with E-state index in [1.807, 2.05) is 23.1 Å². The van der Waals surface area contributed by atoms with E-state index in [4.69, 9.17) is 4.98 Å². The molecular weight excluding hydrogens is 278 g/mol. The molecule has 0 N–H and O–H groups in total. The Hall–Kier alpha value is 0.460. The first-order valence-electron chi connectivity index (χ1n) is 4.97. The molecule has 0 atom stereocenters. The molecule has 0 saturated heterocycles. The number of halogens is 1. The molecular formula is C10H14BrNS2. The number of thioether (sulfide) groups is 1. The minimum Gasteiger partial charge on any atom is -0.245 e. The zero-order chi connectivity index (χ0) is 9.97. The minimum atomic E-state index is 0.791. The van der Waals surface area contributed by atoms with Gasteiger partial charge < -0.3 is 0 Å². The average Bonchev–Trinajstić information content (AvgIpc) is 2.96. The Balaban J connectivity index is 2.09. The molecule has 1 aliphatic carbocycles. The van der Waals surface area contributed by atoms with Crippen LogP contribution in [0.15, 0.2) is 0 Å². The molecule has 1 aromatic rings. The zero-order valence-electron chi connectivity index (χ0n) is 8.25. The molecule has 0 radical (unpaired) electrons. The molecule has 0 bridgehead atoms. The second-order valence-corrected chi connectivity index (χ2v) is 6.46. The first-order chi connectivity index (χ1) is 6.85. The van der Waals surface area contributed by atoms with Crippen LogP contribution in [0.25, 0.3) is 0 Å². The van der Waals surface area contributed by atoms with E-state index in [0.717, 1.165) is 17.0 Å². The molecule has 4 heteroatoms. The summed E-state index contributed by atoms with van der Waals surface area (Å²) in [6.07, 6.45) is 2.70. The highest BCUT2D eigenvalue weighted by Crippen LogP contribution is 2.43. The molecule has 0 aromatic carbocycles. The fourth-order valence-electron chi connectivity index (χ4n) is 1.44. The smallest absolute Gasteiger partial charge is 0.103 e. The van der Waals surface area contributed by atoms with Gasteiger partial charge in [-0.2, -0.15) is 11.8 Å². The number of nitrogens with zero attached hydrogens (tertiary/aromatic N) is 1. The maximum absolute atomic E-state index is 4.75. The molecule has 0 amide bonds. The van der Waals surface area contributed by atoms with E-state index >= 15 is 0 Å². The highest BCUT2D eigenvalue weighted by molar-refractivity contribution is 9.08. The summed E-state index contributed by atoms with van der Waals surface area (Å²) in [5.74, 6) is 3.06. The lowest BCUT2D eigenvalue weighted by Gasteiger charge is -1.92. The summed E-state index contributed by atoms with van der Waals surface area (Å²) < 4.78 is 0. The Morgan fingerprint density at radius 2 is 2.36 bits per heavy atom. The van der Waals surface area contributed by atoms with E-state index in [-0.39, 0.29) is 0 Å². The van der Waals surface area contributed by atoms with E-state index in [1.165, 1.54) is 34.2 Å². The molecule has 14 heavy (non-hydrogen) atoms. The normalized spacial score (nSPS) is 16.1. The van der Waals surface area contributed by atoms with Crippen LogP contribution in [-0.4, -0.2) is 10.7 Å². The molecule has 0 spiro atoms. The van der Waals surface area contributed by atoms with E-state index < -0.39 is 0 Å². The van der Waals surface area contributed by atoms with Crippen LogP contribution in [0.4, 0.5) is 0 Å². The van der Waals surface area contributed by atoms with Crippen LogP contribution in [0.1, 0.15) is 41.3 Å². The molecule has 78 valence electrons. The molecule has 0 unspecified atom stereocenters. The van der Waals surface area contributed by atoms with Gasteiger partial charge in [0.15, 0.2) is 0 Å². The van der Waals surface area contributed by atoms with Crippen LogP contribution in [0.5, 0.6) is 0 Å².